The van der Waals surface area contributed by atoms with Gasteiger partial charge in [0.15, 0.2) is 5.82 Å². The van der Waals surface area contributed by atoms with Crippen molar-refractivity contribution >= 4 is 18.2 Å². The number of aryl methyl sites for hydroxylation is 1. The largest absolute Gasteiger partial charge is 0.444 e. The van der Waals surface area contributed by atoms with Crippen molar-refractivity contribution in [3.63, 3.8) is 0 Å². The van der Waals surface area contributed by atoms with E-state index >= 15 is 0 Å². The predicted octanol–water partition coefficient (Wildman–Crippen LogP) is 2.56. The van der Waals surface area contributed by atoms with E-state index < -0.39 is 11.4 Å². The number of ether oxygens (including phenoxy) is 1. The third-order valence-corrected chi connectivity index (χ3v) is 4.79. The van der Waals surface area contributed by atoms with Crippen LogP contribution in [-0.4, -0.2) is 58.6 Å². The Kier molecular flexibility index (Phi) is 6.72. The normalized spacial score (nSPS) is 14.5. The summed E-state index contributed by atoms with van der Waals surface area (Å²) in [4.78, 5) is 44.2. The lowest BCUT2D eigenvalue weighted by molar-refractivity contribution is -0.107. The summed E-state index contributed by atoms with van der Waals surface area (Å²) in [5.41, 5.74) is 0.175. The number of amides is 1. The number of halogens is 1. The fourth-order valence-corrected chi connectivity index (χ4v) is 3.28. The summed E-state index contributed by atoms with van der Waals surface area (Å²) >= 11 is 0. The molecule has 2 heterocycles. The Labute approximate surface area is 180 Å². The standard InChI is InChI=1S/C22H27FN4O4/c1-22(2,3)31-21(30)26-12-10-25(11-13-26)19-20(29)27(15-17(24-19)5-4-14-28)18-8-6-16(23)7-9-18/h6-9,14-15H,4-5,10-13H2,1-3H3. The Morgan fingerprint density at radius 3 is 2.39 bits per heavy atom. The molecule has 0 saturated carbocycles. The molecule has 0 atom stereocenters. The fourth-order valence-electron chi connectivity index (χ4n) is 3.28. The van der Waals surface area contributed by atoms with Gasteiger partial charge in [0.2, 0.25) is 0 Å². The molecule has 9 heteroatoms. The Balaban J connectivity index is 1.86. The van der Waals surface area contributed by atoms with Crippen molar-refractivity contribution < 1.29 is 18.7 Å². The second-order valence-electron chi connectivity index (χ2n) is 8.37. The highest BCUT2D eigenvalue weighted by atomic mass is 19.1. The first-order valence-corrected chi connectivity index (χ1v) is 10.2. The highest BCUT2D eigenvalue weighted by molar-refractivity contribution is 5.68. The summed E-state index contributed by atoms with van der Waals surface area (Å²) in [6, 6.07) is 5.61. The van der Waals surface area contributed by atoms with E-state index in [2.05, 4.69) is 4.98 Å². The average molecular weight is 430 g/mol. The van der Waals surface area contributed by atoms with Crippen LogP contribution in [0.2, 0.25) is 0 Å². The van der Waals surface area contributed by atoms with Crippen LogP contribution in [0.4, 0.5) is 15.0 Å². The van der Waals surface area contributed by atoms with Crippen molar-refractivity contribution in [2.45, 2.75) is 39.2 Å². The maximum atomic E-state index is 13.3. The molecule has 0 bridgehead atoms. The van der Waals surface area contributed by atoms with Crippen molar-refractivity contribution in [1.29, 1.82) is 0 Å². The summed E-state index contributed by atoms with van der Waals surface area (Å²) in [7, 11) is 0. The zero-order valence-corrected chi connectivity index (χ0v) is 18.0. The Morgan fingerprint density at radius 1 is 1.16 bits per heavy atom. The predicted molar refractivity (Wildman–Crippen MR) is 114 cm³/mol. The van der Waals surface area contributed by atoms with Crippen LogP contribution in [0.5, 0.6) is 0 Å². The number of carbonyl (C=O) groups excluding carboxylic acids is 2. The number of benzene rings is 1. The minimum atomic E-state index is -0.578. The van der Waals surface area contributed by atoms with E-state index in [0.29, 0.717) is 44.0 Å². The molecule has 0 N–H and O–H groups in total. The van der Waals surface area contributed by atoms with E-state index in [1.54, 1.807) is 11.1 Å². The highest BCUT2D eigenvalue weighted by Gasteiger charge is 2.28. The number of carbonyl (C=O) groups is 2. The van der Waals surface area contributed by atoms with Gasteiger partial charge >= 0.3 is 6.09 Å². The Hall–Kier alpha value is -3.23. The van der Waals surface area contributed by atoms with Crippen molar-refractivity contribution in [3.05, 3.63) is 52.3 Å². The molecule has 0 aliphatic carbocycles. The van der Waals surface area contributed by atoms with Crippen LogP contribution >= 0.6 is 0 Å². The van der Waals surface area contributed by atoms with Crippen LogP contribution in [0.1, 0.15) is 32.9 Å². The summed E-state index contributed by atoms with van der Waals surface area (Å²) < 4.78 is 20.2. The average Bonchev–Trinajstić information content (AvgIpc) is 2.72. The maximum absolute atomic E-state index is 13.3. The first-order valence-electron chi connectivity index (χ1n) is 10.2. The summed E-state index contributed by atoms with van der Waals surface area (Å²) in [5.74, 6) is -0.151. The van der Waals surface area contributed by atoms with Crippen LogP contribution in [0.25, 0.3) is 5.69 Å². The van der Waals surface area contributed by atoms with Crippen LogP contribution in [0.3, 0.4) is 0 Å². The number of aromatic nitrogens is 2. The molecule has 8 nitrogen and oxygen atoms in total. The number of hydrogen-bond donors (Lipinski definition) is 0. The number of rotatable bonds is 5. The summed E-state index contributed by atoms with van der Waals surface area (Å²) in [5, 5.41) is 0. The molecule has 1 amide bonds. The molecule has 3 rings (SSSR count). The van der Waals surface area contributed by atoms with E-state index in [-0.39, 0.29) is 23.9 Å². The number of hydrogen-bond acceptors (Lipinski definition) is 6. The smallest absolute Gasteiger partial charge is 0.410 e. The lowest BCUT2D eigenvalue weighted by Gasteiger charge is -2.36. The van der Waals surface area contributed by atoms with E-state index in [4.69, 9.17) is 4.74 Å². The maximum Gasteiger partial charge on any atom is 0.410 e. The lowest BCUT2D eigenvalue weighted by atomic mass is 10.2. The third-order valence-electron chi connectivity index (χ3n) is 4.79. The molecule has 1 aromatic heterocycles. The molecular weight excluding hydrogens is 403 g/mol. The third kappa shape index (κ3) is 5.68. The van der Waals surface area contributed by atoms with Crippen molar-refractivity contribution in [1.82, 2.24) is 14.5 Å². The molecular formula is C22H27FN4O4. The van der Waals surface area contributed by atoms with Gasteiger partial charge in [0.1, 0.15) is 17.7 Å². The molecule has 1 aliphatic rings. The quantitative estimate of drug-likeness (QED) is 0.678. The molecule has 0 radical (unpaired) electrons. The SMILES string of the molecule is CC(C)(C)OC(=O)N1CCN(c2nc(CCC=O)cn(-c3ccc(F)cc3)c2=O)CC1. The molecule has 166 valence electrons. The molecule has 2 aromatic rings. The topological polar surface area (TPSA) is 84.7 Å². The van der Waals surface area contributed by atoms with Crippen LogP contribution in [-0.2, 0) is 16.0 Å². The van der Waals surface area contributed by atoms with Crippen LogP contribution in [0.15, 0.2) is 35.3 Å². The minimum Gasteiger partial charge on any atom is -0.444 e. The van der Waals surface area contributed by atoms with E-state index in [1.165, 1.54) is 28.8 Å². The summed E-state index contributed by atoms with van der Waals surface area (Å²) in [6.07, 6.45) is 2.66. The molecule has 1 saturated heterocycles. The second-order valence-corrected chi connectivity index (χ2v) is 8.37. The monoisotopic (exact) mass is 430 g/mol. The van der Waals surface area contributed by atoms with E-state index in [0.717, 1.165) is 6.29 Å². The lowest BCUT2D eigenvalue weighted by Crippen LogP contribution is -2.51. The Bertz CT molecular complexity index is 990. The molecule has 0 spiro atoms. The van der Waals surface area contributed by atoms with Crippen LogP contribution in [0, 0.1) is 5.82 Å². The van der Waals surface area contributed by atoms with Crippen molar-refractivity contribution in [3.8, 4) is 5.69 Å². The van der Waals surface area contributed by atoms with Crippen molar-refractivity contribution in [2.75, 3.05) is 31.1 Å². The first-order chi connectivity index (χ1) is 14.7. The van der Waals surface area contributed by atoms with E-state index in [9.17, 15) is 18.8 Å². The van der Waals surface area contributed by atoms with Gasteiger partial charge < -0.3 is 19.3 Å². The number of piperazine rings is 1. The van der Waals surface area contributed by atoms with Gasteiger partial charge in [0.05, 0.1) is 5.69 Å². The Morgan fingerprint density at radius 2 is 1.81 bits per heavy atom. The molecule has 1 aliphatic heterocycles. The van der Waals surface area contributed by atoms with Gasteiger partial charge in [0.25, 0.3) is 5.56 Å². The van der Waals surface area contributed by atoms with Crippen molar-refractivity contribution in [2.24, 2.45) is 0 Å². The zero-order chi connectivity index (χ0) is 22.6. The number of aldehydes is 1. The summed E-state index contributed by atoms with van der Waals surface area (Å²) in [6.45, 7) is 7.07. The molecule has 1 aromatic carbocycles. The zero-order valence-electron chi connectivity index (χ0n) is 18.0. The minimum absolute atomic E-state index is 0.247. The fraction of sp³-hybridized carbons (Fsp3) is 0.455. The van der Waals surface area contributed by atoms with Gasteiger partial charge in [-0.3, -0.25) is 9.36 Å². The molecule has 0 unspecified atom stereocenters. The van der Waals surface area contributed by atoms with Gasteiger partial charge in [-0.1, -0.05) is 0 Å². The number of anilines is 1. The van der Waals surface area contributed by atoms with E-state index in [1.807, 2.05) is 25.7 Å². The molecule has 1 fully saturated rings. The van der Waals surface area contributed by atoms with Gasteiger partial charge in [-0.15, -0.1) is 0 Å². The highest BCUT2D eigenvalue weighted by Crippen LogP contribution is 2.16. The molecule has 31 heavy (non-hydrogen) atoms. The van der Waals surface area contributed by atoms with Gasteiger partial charge in [0, 0.05) is 44.5 Å². The second kappa shape index (κ2) is 9.28. The van der Waals surface area contributed by atoms with Crippen LogP contribution < -0.4 is 10.5 Å². The van der Waals surface area contributed by atoms with Gasteiger partial charge in [-0.25, -0.2) is 14.2 Å². The van der Waals surface area contributed by atoms with Gasteiger partial charge in [-0.05, 0) is 51.5 Å². The first kappa shape index (κ1) is 22.5. The van der Waals surface area contributed by atoms with Gasteiger partial charge in [-0.2, -0.15) is 0 Å². The number of nitrogens with zero attached hydrogens (tertiary/aromatic N) is 4.